The number of hydrogen-bond acceptors (Lipinski definition) is 3. The van der Waals surface area contributed by atoms with Gasteiger partial charge in [-0.1, -0.05) is 0 Å². The largest absolute Gasteiger partial charge is 0.263 e. The van der Waals surface area contributed by atoms with Crippen molar-refractivity contribution in [3.63, 3.8) is 0 Å². The summed E-state index contributed by atoms with van der Waals surface area (Å²) < 4.78 is 0.981. The highest BCUT2D eigenvalue weighted by atomic mass is 127. The molecule has 2 aromatic rings. The van der Waals surface area contributed by atoms with Gasteiger partial charge in [0.25, 0.3) is 0 Å². The Morgan fingerprint density at radius 3 is 2.92 bits per heavy atom. The molecule has 0 atom stereocenters. The zero-order valence-electron chi connectivity index (χ0n) is 5.83. The van der Waals surface area contributed by atoms with Crippen LogP contribution in [0.2, 0.25) is 5.28 Å². The number of halogens is 2. The Kier molecular flexibility index (Phi) is 2.10. The van der Waals surface area contributed by atoms with E-state index in [1.54, 1.807) is 18.6 Å². The lowest BCUT2D eigenvalue weighted by Gasteiger charge is -1.97. The molecule has 2 aromatic heterocycles. The lowest BCUT2D eigenvalue weighted by Crippen LogP contribution is -1.87. The summed E-state index contributed by atoms with van der Waals surface area (Å²) in [5.74, 6) is 0. The maximum atomic E-state index is 5.64. The molecular formula is C7H3ClIN3. The zero-order valence-corrected chi connectivity index (χ0v) is 8.74. The minimum Gasteiger partial charge on any atom is -0.263 e. The monoisotopic (exact) mass is 291 g/mol. The molecule has 0 aliphatic carbocycles. The molecule has 2 heterocycles. The number of fused-ring (bicyclic) bond motifs is 1. The predicted octanol–water partition coefficient (Wildman–Crippen LogP) is 2.28. The van der Waals surface area contributed by atoms with Gasteiger partial charge in [-0.2, -0.15) is 0 Å². The summed E-state index contributed by atoms with van der Waals surface area (Å²) in [5.41, 5.74) is 0.852. The van der Waals surface area contributed by atoms with E-state index in [0.717, 1.165) is 14.5 Å². The van der Waals surface area contributed by atoms with Crippen molar-refractivity contribution in [2.24, 2.45) is 0 Å². The second-order valence-corrected chi connectivity index (χ2v) is 3.70. The molecule has 2 rings (SSSR count). The van der Waals surface area contributed by atoms with Crippen molar-refractivity contribution < 1.29 is 0 Å². The van der Waals surface area contributed by atoms with E-state index in [0.29, 0.717) is 0 Å². The standard InChI is InChI=1S/C7H3ClIN3/c8-7-11-2-4-1-10-3-5(9)6(4)12-7/h1-3H. The number of rotatable bonds is 0. The second kappa shape index (κ2) is 3.10. The molecular weight excluding hydrogens is 288 g/mol. The lowest BCUT2D eigenvalue weighted by molar-refractivity contribution is 1.20. The van der Waals surface area contributed by atoms with E-state index in [2.05, 4.69) is 37.5 Å². The fourth-order valence-electron chi connectivity index (χ4n) is 0.900. The van der Waals surface area contributed by atoms with Crippen molar-refractivity contribution >= 4 is 45.1 Å². The second-order valence-electron chi connectivity index (χ2n) is 2.20. The smallest absolute Gasteiger partial charge is 0.222 e. The molecule has 0 saturated carbocycles. The third-order valence-corrected chi connectivity index (χ3v) is 2.39. The van der Waals surface area contributed by atoms with Crippen LogP contribution in [0.3, 0.4) is 0 Å². The van der Waals surface area contributed by atoms with Crippen molar-refractivity contribution in [2.75, 3.05) is 0 Å². The summed E-state index contributed by atoms with van der Waals surface area (Å²) in [6.07, 6.45) is 5.12. The maximum absolute atomic E-state index is 5.64. The van der Waals surface area contributed by atoms with E-state index in [1.165, 1.54) is 0 Å². The summed E-state index contributed by atoms with van der Waals surface area (Å²) in [5, 5.41) is 1.18. The highest BCUT2D eigenvalue weighted by Crippen LogP contribution is 2.17. The van der Waals surface area contributed by atoms with Gasteiger partial charge in [0, 0.05) is 24.0 Å². The minimum absolute atomic E-state index is 0.270. The van der Waals surface area contributed by atoms with Crippen LogP contribution < -0.4 is 0 Å². The summed E-state index contributed by atoms with van der Waals surface area (Å²) >= 11 is 7.81. The van der Waals surface area contributed by atoms with E-state index >= 15 is 0 Å². The van der Waals surface area contributed by atoms with Gasteiger partial charge in [0.1, 0.15) is 0 Å². The van der Waals surface area contributed by atoms with E-state index in [9.17, 15) is 0 Å². The van der Waals surface area contributed by atoms with Crippen LogP contribution in [-0.2, 0) is 0 Å². The van der Waals surface area contributed by atoms with Crippen LogP contribution in [0.15, 0.2) is 18.6 Å². The molecule has 5 heteroatoms. The molecule has 0 aliphatic rings. The molecule has 0 spiro atoms. The van der Waals surface area contributed by atoms with Crippen molar-refractivity contribution in [1.29, 1.82) is 0 Å². The zero-order chi connectivity index (χ0) is 8.55. The number of pyridine rings is 1. The predicted molar refractivity (Wildman–Crippen MR) is 55.1 cm³/mol. The van der Waals surface area contributed by atoms with Gasteiger partial charge in [-0.3, -0.25) is 4.98 Å². The topological polar surface area (TPSA) is 38.7 Å². The fourth-order valence-corrected chi connectivity index (χ4v) is 1.63. The molecule has 0 fully saturated rings. The quantitative estimate of drug-likeness (QED) is 0.552. The number of hydrogen-bond donors (Lipinski definition) is 0. The maximum Gasteiger partial charge on any atom is 0.222 e. The van der Waals surface area contributed by atoms with E-state index in [1.807, 2.05) is 0 Å². The molecule has 0 N–H and O–H groups in total. The van der Waals surface area contributed by atoms with Crippen LogP contribution in [0.5, 0.6) is 0 Å². The average molecular weight is 291 g/mol. The third kappa shape index (κ3) is 1.36. The number of nitrogens with zero attached hydrogens (tertiary/aromatic N) is 3. The summed E-state index contributed by atoms with van der Waals surface area (Å²) in [6, 6.07) is 0. The molecule has 0 radical (unpaired) electrons. The molecule has 0 saturated heterocycles. The Morgan fingerprint density at radius 2 is 2.08 bits per heavy atom. The van der Waals surface area contributed by atoms with Gasteiger partial charge in [0.2, 0.25) is 5.28 Å². The lowest BCUT2D eigenvalue weighted by atomic mass is 10.3. The normalized spacial score (nSPS) is 10.5. The average Bonchev–Trinajstić information content (AvgIpc) is 2.07. The van der Waals surface area contributed by atoms with Gasteiger partial charge in [0.05, 0.1) is 9.09 Å². The highest BCUT2D eigenvalue weighted by molar-refractivity contribution is 14.1. The highest BCUT2D eigenvalue weighted by Gasteiger charge is 2.00. The molecule has 0 bridgehead atoms. The molecule has 0 aliphatic heterocycles. The van der Waals surface area contributed by atoms with Crippen LogP contribution >= 0.6 is 34.2 Å². The third-order valence-electron chi connectivity index (χ3n) is 1.42. The SMILES string of the molecule is Clc1ncc2cncc(I)c2n1. The number of aromatic nitrogens is 3. The molecule has 60 valence electrons. The van der Waals surface area contributed by atoms with Gasteiger partial charge >= 0.3 is 0 Å². The first kappa shape index (κ1) is 8.12. The fraction of sp³-hybridized carbons (Fsp3) is 0. The molecule has 0 aromatic carbocycles. The van der Waals surface area contributed by atoms with Crippen LogP contribution in [0.4, 0.5) is 0 Å². The van der Waals surface area contributed by atoms with Crippen molar-refractivity contribution in [3.05, 3.63) is 27.4 Å². The first-order valence-corrected chi connectivity index (χ1v) is 4.65. The van der Waals surface area contributed by atoms with Gasteiger partial charge in [-0.25, -0.2) is 9.97 Å². The van der Waals surface area contributed by atoms with E-state index in [4.69, 9.17) is 11.6 Å². The Balaban J connectivity index is 2.88. The molecule has 3 nitrogen and oxygen atoms in total. The Hall–Kier alpha value is -0.490. The minimum atomic E-state index is 0.270. The molecule has 0 amide bonds. The molecule has 12 heavy (non-hydrogen) atoms. The summed E-state index contributed by atoms with van der Waals surface area (Å²) in [6.45, 7) is 0. The van der Waals surface area contributed by atoms with Crippen molar-refractivity contribution in [2.45, 2.75) is 0 Å². The first-order chi connectivity index (χ1) is 5.77. The first-order valence-electron chi connectivity index (χ1n) is 3.19. The Labute approximate surface area is 87.3 Å². The van der Waals surface area contributed by atoms with Crippen molar-refractivity contribution in [1.82, 2.24) is 15.0 Å². The van der Waals surface area contributed by atoms with Crippen LogP contribution in [0.25, 0.3) is 10.9 Å². The van der Waals surface area contributed by atoms with Crippen LogP contribution in [0.1, 0.15) is 0 Å². The summed E-state index contributed by atoms with van der Waals surface area (Å²) in [4.78, 5) is 12.0. The molecule has 0 unspecified atom stereocenters. The van der Waals surface area contributed by atoms with E-state index < -0.39 is 0 Å². The van der Waals surface area contributed by atoms with E-state index in [-0.39, 0.29) is 5.28 Å². The van der Waals surface area contributed by atoms with Gasteiger partial charge in [-0.05, 0) is 34.2 Å². The van der Waals surface area contributed by atoms with Gasteiger partial charge in [0.15, 0.2) is 0 Å². The van der Waals surface area contributed by atoms with Crippen LogP contribution in [0, 0.1) is 3.57 Å². The van der Waals surface area contributed by atoms with Crippen molar-refractivity contribution in [3.8, 4) is 0 Å². The summed E-state index contributed by atoms with van der Waals surface area (Å²) in [7, 11) is 0. The van der Waals surface area contributed by atoms with Crippen LogP contribution in [-0.4, -0.2) is 15.0 Å². The van der Waals surface area contributed by atoms with Gasteiger partial charge in [-0.15, -0.1) is 0 Å². The Bertz CT molecular complexity index is 432. The Morgan fingerprint density at radius 1 is 1.25 bits per heavy atom. The van der Waals surface area contributed by atoms with Gasteiger partial charge < -0.3 is 0 Å².